The van der Waals surface area contributed by atoms with Crippen LogP contribution in [0.1, 0.15) is 43.9 Å². The first-order chi connectivity index (χ1) is 26.1. The van der Waals surface area contributed by atoms with E-state index in [2.05, 4.69) is 25.2 Å². The molecule has 0 amide bonds. The lowest BCUT2D eigenvalue weighted by molar-refractivity contribution is 0.412. The molecule has 5 aromatic rings. The van der Waals surface area contributed by atoms with Crippen LogP contribution in [0.5, 0.6) is 11.8 Å². The van der Waals surface area contributed by atoms with Gasteiger partial charge in [0.05, 0.1) is 16.3 Å². The topological polar surface area (TPSA) is 220 Å². The summed E-state index contributed by atoms with van der Waals surface area (Å²) >= 11 is -2.89. The SMILES string of the molecule is CCn1c(O)c(N=Nc2ccc(-c3ccc(N=Nc4c(C)cc(=O)n(CC)c4O)cc3S(=O)(=O)NC(C)CCc3ccccc3)c(S(=O)[O-])c2)c(C)cc1=O. The van der Waals surface area contributed by atoms with E-state index >= 15 is 0 Å². The van der Waals surface area contributed by atoms with Crippen LogP contribution in [0.25, 0.3) is 11.1 Å². The first-order valence-electron chi connectivity index (χ1n) is 17.3. The molecule has 0 aliphatic heterocycles. The molecule has 0 aliphatic carbocycles. The van der Waals surface area contributed by atoms with Crippen molar-refractivity contribution < 1.29 is 27.4 Å². The van der Waals surface area contributed by atoms with Gasteiger partial charge in [-0.3, -0.25) is 22.9 Å². The van der Waals surface area contributed by atoms with Gasteiger partial charge < -0.3 is 14.8 Å². The maximum Gasteiger partial charge on any atom is 0.253 e. The summed E-state index contributed by atoms with van der Waals surface area (Å²) < 4.78 is 58.6. The summed E-state index contributed by atoms with van der Waals surface area (Å²) in [5.41, 5.74) is 1.15. The van der Waals surface area contributed by atoms with Gasteiger partial charge in [-0.1, -0.05) is 42.5 Å². The van der Waals surface area contributed by atoms with Crippen molar-refractivity contribution in [3.8, 4) is 22.9 Å². The highest BCUT2D eigenvalue weighted by atomic mass is 32.2. The number of rotatable bonds is 14. The Morgan fingerprint density at radius 2 is 1.27 bits per heavy atom. The van der Waals surface area contributed by atoms with Crippen LogP contribution in [0.3, 0.4) is 0 Å². The molecular formula is C38H40N7O8S2-. The van der Waals surface area contributed by atoms with E-state index in [1.807, 2.05) is 30.3 Å². The lowest BCUT2D eigenvalue weighted by Crippen LogP contribution is -2.33. The van der Waals surface area contributed by atoms with Gasteiger partial charge in [0.1, 0.15) is 11.4 Å². The van der Waals surface area contributed by atoms with Crippen LogP contribution in [-0.2, 0) is 40.6 Å². The molecule has 3 N–H and O–H groups in total. The minimum atomic E-state index is -4.34. The van der Waals surface area contributed by atoms with Crippen molar-refractivity contribution in [3.05, 3.63) is 116 Å². The number of nitrogens with zero attached hydrogens (tertiary/aromatic N) is 6. The summed E-state index contributed by atoms with van der Waals surface area (Å²) in [5.74, 6) is -0.790. The summed E-state index contributed by atoms with van der Waals surface area (Å²) in [4.78, 5) is 23.9. The third-order valence-electron chi connectivity index (χ3n) is 8.81. The Morgan fingerprint density at radius 1 is 0.764 bits per heavy atom. The first kappa shape index (κ1) is 40.6. The van der Waals surface area contributed by atoms with Gasteiger partial charge in [0.15, 0.2) is 0 Å². The fourth-order valence-corrected chi connectivity index (χ4v) is 8.01. The number of nitrogens with one attached hydrogen (secondary N) is 1. The molecule has 0 bridgehead atoms. The standard InChI is InChI=1S/C38H41N7O8S2/c1-6-44-33(46)19-23(3)35(37(44)48)41-39-27-15-17-29(31(21-27)54(50)51)30-18-16-28(40-42-36-24(4)20-34(47)45(7-2)38(36)49)22-32(30)55(52,53)43-25(5)13-14-26-11-9-8-10-12-26/h8-12,15-22,25,43,48-49H,6-7,13-14H2,1-5H3,(H,50,51)/p-1. The largest absolute Gasteiger partial charge is 0.768 e. The molecule has 2 unspecified atom stereocenters. The van der Waals surface area contributed by atoms with Gasteiger partial charge in [-0.05, 0) is 105 Å². The molecule has 0 fully saturated rings. The Bertz CT molecular complexity index is 2550. The van der Waals surface area contributed by atoms with Gasteiger partial charge in [-0.25, -0.2) is 13.1 Å². The van der Waals surface area contributed by atoms with Gasteiger partial charge in [0, 0.05) is 41.7 Å². The molecular weight excluding hydrogens is 747 g/mol. The van der Waals surface area contributed by atoms with Gasteiger partial charge in [-0.15, -0.1) is 10.2 Å². The number of aromatic hydroxyl groups is 2. The minimum absolute atomic E-state index is 0.0216. The molecule has 0 radical (unpaired) electrons. The quantitative estimate of drug-likeness (QED) is 0.0775. The molecule has 2 heterocycles. The third-order valence-corrected chi connectivity index (χ3v) is 11.1. The number of aryl methyl sites for hydroxylation is 3. The summed E-state index contributed by atoms with van der Waals surface area (Å²) in [7, 11) is -4.34. The number of sulfonamides is 1. The maximum atomic E-state index is 14.2. The summed E-state index contributed by atoms with van der Waals surface area (Å²) in [6, 6.07) is 19.8. The van der Waals surface area contributed by atoms with Crippen molar-refractivity contribution in [2.75, 3.05) is 0 Å². The minimum Gasteiger partial charge on any atom is -0.768 e. The molecule has 2 atom stereocenters. The van der Waals surface area contributed by atoms with Gasteiger partial charge in [0.2, 0.25) is 21.8 Å². The zero-order valence-corrected chi connectivity index (χ0v) is 32.4. The Labute approximate surface area is 320 Å². The van der Waals surface area contributed by atoms with Gasteiger partial charge >= 0.3 is 0 Å². The van der Waals surface area contributed by atoms with E-state index in [-0.39, 0.29) is 56.8 Å². The van der Waals surface area contributed by atoms with Gasteiger partial charge in [0.25, 0.3) is 11.1 Å². The van der Waals surface area contributed by atoms with Crippen LogP contribution in [-0.4, -0.2) is 42.6 Å². The van der Waals surface area contributed by atoms with Crippen LogP contribution >= 0.6 is 0 Å². The highest BCUT2D eigenvalue weighted by Crippen LogP contribution is 2.38. The van der Waals surface area contributed by atoms with E-state index in [0.717, 1.165) is 14.7 Å². The average Bonchev–Trinajstić information content (AvgIpc) is 3.14. The molecule has 0 saturated carbocycles. The third kappa shape index (κ3) is 9.20. The smallest absolute Gasteiger partial charge is 0.253 e. The Kier molecular flexibility index (Phi) is 12.7. The molecule has 288 valence electrons. The van der Waals surface area contributed by atoms with Crippen LogP contribution in [0.2, 0.25) is 0 Å². The zero-order chi connectivity index (χ0) is 40.0. The van der Waals surface area contributed by atoms with Crippen LogP contribution in [0.4, 0.5) is 22.7 Å². The van der Waals surface area contributed by atoms with Crippen LogP contribution < -0.4 is 15.8 Å². The lowest BCUT2D eigenvalue weighted by atomic mass is 10.0. The number of hydrogen-bond acceptors (Lipinski definition) is 12. The van der Waals surface area contributed by atoms with E-state index in [0.29, 0.717) is 24.0 Å². The molecule has 15 nitrogen and oxygen atoms in total. The average molecular weight is 787 g/mol. The number of aromatic nitrogens is 2. The van der Waals surface area contributed by atoms with Crippen molar-refractivity contribution in [2.24, 2.45) is 20.5 Å². The van der Waals surface area contributed by atoms with Crippen molar-refractivity contribution in [3.63, 3.8) is 0 Å². The second-order valence-electron chi connectivity index (χ2n) is 12.7. The van der Waals surface area contributed by atoms with E-state index in [1.165, 1.54) is 48.5 Å². The normalized spacial score (nSPS) is 13.1. The molecule has 0 saturated heterocycles. The fraction of sp³-hybridized carbons (Fsp3) is 0.263. The highest BCUT2D eigenvalue weighted by molar-refractivity contribution is 7.89. The first-order valence-corrected chi connectivity index (χ1v) is 19.8. The summed E-state index contributed by atoms with van der Waals surface area (Å²) in [6.45, 7) is 8.60. The zero-order valence-electron chi connectivity index (χ0n) is 30.8. The highest BCUT2D eigenvalue weighted by Gasteiger charge is 2.25. The lowest BCUT2D eigenvalue weighted by Gasteiger charge is -2.19. The van der Waals surface area contributed by atoms with E-state index in [1.54, 1.807) is 34.6 Å². The van der Waals surface area contributed by atoms with Crippen molar-refractivity contribution in [2.45, 2.75) is 76.4 Å². The predicted molar refractivity (Wildman–Crippen MR) is 208 cm³/mol. The monoisotopic (exact) mass is 786 g/mol. The molecule has 3 aromatic carbocycles. The number of benzene rings is 3. The molecule has 55 heavy (non-hydrogen) atoms. The number of azo groups is 2. The fourth-order valence-electron chi connectivity index (χ4n) is 5.92. The van der Waals surface area contributed by atoms with Crippen LogP contribution in [0, 0.1) is 13.8 Å². The Morgan fingerprint density at radius 3 is 1.78 bits per heavy atom. The van der Waals surface area contributed by atoms with Crippen molar-refractivity contribution in [1.29, 1.82) is 0 Å². The van der Waals surface area contributed by atoms with Crippen molar-refractivity contribution >= 4 is 43.9 Å². The van der Waals surface area contributed by atoms with Gasteiger partial charge in [-0.2, -0.15) is 10.2 Å². The molecule has 0 spiro atoms. The molecule has 2 aromatic heterocycles. The summed E-state index contributed by atoms with van der Waals surface area (Å²) in [6.07, 6.45) is 1.06. The van der Waals surface area contributed by atoms with E-state index in [4.69, 9.17) is 0 Å². The maximum absolute atomic E-state index is 14.2. The Balaban J connectivity index is 1.59. The summed E-state index contributed by atoms with van der Waals surface area (Å²) in [5, 5.41) is 37.9. The second-order valence-corrected chi connectivity index (χ2v) is 15.3. The van der Waals surface area contributed by atoms with Crippen molar-refractivity contribution in [1.82, 2.24) is 13.9 Å². The van der Waals surface area contributed by atoms with E-state index in [9.17, 15) is 37.0 Å². The number of pyridine rings is 2. The molecule has 0 aliphatic rings. The molecule has 17 heteroatoms. The van der Waals surface area contributed by atoms with Crippen LogP contribution in [0.15, 0.2) is 119 Å². The number of hydrogen-bond donors (Lipinski definition) is 3. The second kappa shape index (κ2) is 17.2. The molecule has 5 rings (SSSR count). The Hall–Kier alpha value is -5.62. The predicted octanol–water partition coefficient (Wildman–Crippen LogP) is 7.11. The van der Waals surface area contributed by atoms with E-state index < -0.39 is 50.0 Å².